The lowest BCUT2D eigenvalue weighted by Gasteiger charge is -2.19. The second-order valence-electron chi connectivity index (χ2n) is 5.09. The van der Waals surface area contributed by atoms with Gasteiger partial charge in [-0.2, -0.15) is 0 Å². The number of pyridine rings is 1. The van der Waals surface area contributed by atoms with Crippen molar-refractivity contribution in [2.45, 2.75) is 26.2 Å². The Morgan fingerprint density at radius 2 is 2.05 bits per heavy atom. The molecule has 4 nitrogen and oxygen atoms in total. The van der Waals surface area contributed by atoms with Crippen molar-refractivity contribution < 1.29 is 0 Å². The molecule has 0 fully saturated rings. The molecule has 2 aromatic rings. The van der Waals surface area contributed by atoms with Gasteiger partial charge >= 0.3 is 0 Å². The van der Waals surface area contributed by atoms with Crippen LogP contribution in [0, 0.1) is 5.41 Å². The molecule has 4 heteroatoms. The topological polar surface area (TPSA) is 66.0 Å². The van der Waals surface area contributed by atoms with E-state index in [2.05, 4.69) is 16.8 Å². The molecular formula is C16H22N4. The second kappa shape index (κ2) is 6.37. The summed E-state index contributed by atoms with van der Waals surface area (Å²) in [5, 5.41) is 8.69. The van der Waals surface area contributed by atoms with Crippen LogP contribution in [0.2, 0.25) is 0 Å². The molecule has 1 heterocycles. The average Bonchev–Trinajstić information content (AvgIpc) is 2.46. The Hall–Kier alpha value is -2.10. The van der Waals surface area contributed by atoms with E-state index in [0.717, 1.165) is 35.2 Å². The highest BCUT2D eigenvalue weighted by Gasteiger charge is 2.10. The zero-order valence-electron chi connectivity index (χ0n) is 12.2. The number of nitrogens with one attached hydrogen (secondary N) is 1. The maximum Gasteiger partial charge on any atom is 0.129 e. The number of amidine groups is 1. The van der Waals surface area contributed by atoms with Crippen molar-refractivity contribution in [1.82, 2.24) is 4.98 Å². The Labute approximate surface area is 120 Å². The summed E-state index contributed by atoms with van der Waals surface area (Å²) in [6.07, 6.45) is 3.58. The lowest BCUT2D eigenvalue weighted by molar-refractivity contribution is 0.702. The normalized spacial score (nSPS) is 10.7. The Morgan fingerprint density at radius 3 is 2.75 bits per heavy atom. The lowest BCUT2D eigenvalue weighted by Crippen LogP contribution is -2.21. The van der Waals surface area contributed by atoms with Gasteiger partial charge in [0.15, 0.2) is 0 Å². The first-order chi connectivity index (χ1) is 9.63. The first kappa shape index (κ1) is 14.3. The zero-order valence-corrected chi connectivity index (χ0v) is 12.2. The summed E-state index contributed by atoms with van der Waals surface area (Å²) in [4.78, 5) is 6.80. The summed E-state index contributed by atoms with van der Waals surface area (Å²) in [5.74, 6) is 0.969. The molecule has 1 aromatic heterocycles. The summed E-state index contributed by atoms with van der Waals surface area (Å²) in [6, 6.07) is 9.74. The molecule has 0 saturated heterocycles. The van der Waals surface area contributed by atoms with Crippen molar-refractivity contribution in [1.29, 1.82) is 5.41 Å². The molecular weight excluding hydrogens is 248 g/mol. The minimum atomic E-state index is 0.0896. The first-order valence-electron chi connectivity index (χ1n) is 7.08. The predicted molar refractivity (Wildman–Crippen MR) is 85.6 cm³/mol. The van der Waals surface area contributed by atoms with Gasteiger partial charge < -0.3 is 10.6 Å². The lowest BCUT2D eigenvalue weighted by atomic mass is 10.1. The molecule has 0 aliphatic heterocycles. The van der Waals surface area contributed by atoms with Gasteiger partial charge in [-0.3, -0.25) is 5.41 Å². The summed E-state index contributed by atoms with van der Waals surface area (Å²) in [7, 11) is 2.04. The van der Waals surface area contributed by atoms with E-state index in [0.29, 0.717) is 0 Å². The van der Waals surface area contributed by atoms with E-state index in [1.807, 2.05) is 37.4 Å². The fourth-order valence-corrected chi connectivity index (χ4v) is 2.29. The maximum atomic E-state index is 7.75. The van der Waals surface area contributed by atoms with Gasteiger partial charge in [-0.05, 0) is 18.6 Å². The molecule has 2 rings (SSSR count). The highest BCUT2D eigenvalue weighted by molar-refractivity contribution is 6.07. The summed E-state index contributed by atoms with van der Waals surface area (Å²) in [6.45, 7) is 3.17. The molecule has 0 atom stereocenters. The van der Waals surface area contributed by atoms with Crippen LogP contribution in [0.3, 0.4) is 0 Å². The van der Waals surface area contributed by atoms with Crippen LogP contribution in [0.25, 0.3) is 10.9 Å². The van der Waals surface area contributed by atoms with Crippen LogP contribution in [0.1, 0.15) is 31.7 Å². The van der Waals surface area contributed by atoms with Gasteiger partial charge in [0.1, 0.15) is 11.7 Å². The largest absolute Gasteiger partial charge is 0.384 e. The molecule has 0 aliphatic carbocycles. The predicted octanol–water partition coefficient (Wildman–Crippen LogP) is 3.15. The van der Waals surface area contributed by atoms with E-state index >= 15 is 0 Å². The quantitative estimate of drug-likeness (QED) is 0.481. The minimum Gasteiger partial charge on any atom is -0.384 e. The van der Waals surface area contributed by atoms with Crippen LogP contribution in [-0.2, 0) is 0 Å². The molecule has 0 unspecified atom stereocenters. The van der Waals surface area contributed by atoms with E-state index < -0.39 is 0 Å². The fraction of sp³-hybridized carbons (Fsp3) is 0.375. The standard InChI is InChI=1S/C16H22N4/c1-3-4-7-10-20(2)15-11-13(16(17)18)12-8-5-6-9-14(12)19-15/h5-6,8-9,11H,3-4,7,10H2,1-2H3,(H3,17,18). The maximum absolute atomic E-state index is 7.75. The SMILES string of the molecule is CCCCCN(C)c1cc(C(=N)N)c2ccccc2n1. The molecule has 0 spiro atoms. The highest BCUT2D eigenvalue weighted by Crippen LogP contribution is 2.22. The molecule has 0 amide bonds. The first-order valence-corrected chi connectivity index (χ1v) is 7.08. The average molecular weight is 270 g/mol. The number of nitrogens with two attached hydrogens (primary N) is 1. The van der Waals surface area contributed by atoms with E-state index in [1.165, 1.54) is 12.8 Å². The van der Waals surface area contributed by atoms with Crippen LogP contribution in [0.4, 0.5) is 5.82 Å². The van der Waals surface area contributed by atoms with Crippen LogP contribution in [0.5, 0.6) is 0 Å². The summed E-state index contributed by atoms with van der Waals surface area (Å²) < 4.78 is 0. The van der Waals surface area contributed by atoms with Crippen molar-refractivity contribution in [3.8, 4) is 0 Å². The number of anilines is 1. The van der Waals surface area contributed by atoms with Gasteiger partial charge in [-0.25, -0.2) is 4.98 Å². The third-order valence-corrected chi connectivity index (χ3v) is 3.48. The van der Waals surface area contributed by atoms with Crippen LogP contribution < -0.4 is 10.6 Å². The molecule has 106 valence electrons. The number of unbranched alkanes of at least 4 members (excludes halogenated alkanes) is 2. The van der Waals surface area contributed by atoms with Crippen LogP contribution in [-0.4, -0.2) is 24.4 Å². The number of hydrogen-bond acceptors (Lipinski definition) is 3. The number of nitrogens with zero attached hydrogens (tertiary/aromatic N) is 2. The monoisotopic (exact) mass is 270 g/mol. The zero-order chi connectivity index (χ0) is 14.5. The number of aromatic nitrogens is 1. The number of hydrogen-bond donors (Lipinski definition) is 2. The molecule has 0 aliphatic rings. The van der Waals surface area contributed by atoms with Gasteiger partial charge in [0.25, 0.3) is 0 Å². The highest BCUT2D eigenvalue weighted by atomic mass is 15.2. The van der Waals surface area contributed by atoms with E-state index in [-0.39, 0.29) is 5.84 Å². The Morgan fingerprint density at radius 1 is 1.30 bits per heavy atom. The number of nitrogen functional groups attached to an aromatic ring is 1. The third-order valence-electron chi connectivity index (χ3n) is 3.48. The third kappa shape index (κ3) is 3.07. The molecule has 3 N–H and O–H groups in total. The molecule has 0 radical (unpaired) electrons. The Bertz CT molecular complexity index is 606. The Kier molecular flexibility index (Phi) is 4.56. The van der Waals surface area contributed by atoms with Crippen LogP contribution in [0.15, 0.2) is 30.3 Å². The molecule has 1 aromatic carbocycles. The molecule has 20 heavy (non-hydrogen) atoms. The van der Waals surface area contributed by atoms with E-state index in [9.17, 15) is 0 Å². The van der Waals surface area contributed by atoms with Crippen LogP contribution >= 0.6 is 0 Å². The van der Waals surface area contributed by atoms with E-state index in [1.54, 1.807) is 0 Å². The number of fused-ring (bicyclic) bond motifs is 1. The van der Waals surface area contributed by atoms with Crippen molar-refractivity contribution in [3.05, 3.63) is 35.9 Å². The minimum absolute atomic E-state index is 0.0896. The fourth-order valence-electron chi connectivity index (χ4n) is 2.29. The van der Waals surface area contributed by atoms with Gasteiger partial charge in [0.2, 0.25) is 0 Å². The summed E-state index contributed by atoms with van der Waals surface area (Å²) >= 11 is 0. The van der Waals surface area contributed by atoms with Gasteiger partial charge in [0.05, 0.1) is 5.52 Å². The van der Waals surface area contributed by atoms with Crippen molar-refractivity contribution in [3.63, 3.8) is 0 Å². The summed E-state index contributed by atoms with van der Waals surface area (Å²) in [5.41, 5.74) is 7.35. The van der Waals surface area contributed by atoms with Gasteiger partial charge in [-0.15, -0.1) is 0 Å². The smallest absolute Gasteiger partial charge is 0.129 e. The van der Waals surface area contributed by atoms with Crippen molar-refractivity contribution in [2.24, 2.45) is 5.73 Å². The second-order valence-corrected chi connectivity index (χ2v) is 5.09. The number of rotatable bonds is 6. The molecule has 0 bridgehead atoms. The van der Waals surface area contributed by atoms with Crippen molar-refractivity contribution >= 4 is 22.6 Å². The Balaban J connectivity index is 2.37. The number of para-hydroxylation sites is 1. The van der Waals surface area contributed by atoms with Gasteiger partial charge in [-0.1, -0.05) is 38.0 Å². The van der Waals surface area contributed by atoms with Crippen molar-refractivity contribution in [2.75, 3.05) is 18.5 Å². The number of benzene rings is 1. The van der Waals surface area contributed by atoms with Gasteiger partial charge in [0, 0.05) is 24.5 Å². The molecule has 0 saturated carbocycles. The van der Waals surface area contributed by atoms with E-state index in [4.69, 9.17) is 11.1 Å².